The van der Waals surface area contributed by atoms with E-state index in [4.69, 9.17) is 0 Å². The predicted octanol–water partition coefficient (Wildman–Crippen LogP) is 1.02. The molecule has 0 amide bonds. The van der Waals surface area contributed by atoms with Gasteiger partial charge in [0, 0.05) is 18.3 Å². The second-order valence-corrected chi connectivity index (χ2v) is 3.82. The van der Waals surface area contributed by atoms with Crippen molar-refractivity contribution in [1.82, 2.24) is 20.0 Å². The molecule has 0 radical (unpaired) electrons. The molecule has 0 aliphatic rings. The summed E-state index contributed by atoms with van der Waals surface area (Å²) in [7, 11) is 0. The molecule has 0 atom stereocenters. The van der Waals surface area contributed by atoms with Gasteiger partial charge in [-0.2, -0.15) is 0 Å². The molecular weight excluding hydrogens is 250 g/mol. The van der Waals surface area contributed by atoms with Crippen LogP contribution in [0.2, 0.25) is 0 Å². The van der Waals surface area contributed by atoms with E-state index in [1.165, 1.54) is 23.0 Å². The summed E-state index contributed by atoms with van der Waals surface area (Å²) in [5.41, 5.74) is 1.02. The van der Waals surface area contributed by atoms with Crippen molar-refractivity contribution in [3.05, 3.63) is 57.0 Å². The van der Waals surface area contributed by atoms with Crippen LogP contribution < -0.4 is 5.56 Å². The van der Waals surface area contributed by atoms with E-state index in [9.17, 15) is 14.9 Å². The fourth-order valence-electron chi connectivity index (χ4n) is 1.77. The minimum atomic E-state index is -0.478. The van der Waals surface area contributed by atoms with Crippen molar-refractivity contribution in [1.29, 1.82) is 0 Å². The third kappa shape index (κ3) is 1.75. The molecule has 0 aliphatic carbocycles. The number of nitro groups is 1. The van der Waals surface area contributed by atoms with Gasteiger partial charge in [0.15, 0.2) is 5.52 Å². The number of H-pyrrole nitrogens is 1. The van der Waals surface area contributed by atoms with Crippen LogP contribution in [0.4, 0.5) is 5.69 Å². The maximum atomic E-state index is 11.5. The van der Waals surface area contributed by atoms with Crippen LogP contribution >= 0.6 is 0 Å². The summed E-state index contributed by atoms with van der Waals surface area (Å²) in [5.74, 6) is 0. The van der Waals surface area contributed by atoms with Crippen LogP contribution in [0.1, 0.15) is 0 Å². The maximum absolute atomic E-state index is 11.5. The van der Waals surface area contributed by atoms with Gasteiger partial charge in [0.25, 0.3) is 11.2 Å². The largest absolute Gasteiger partial charge is 0.327 e. The molecule has 8 nitrogen and oxygen atoms in total. The monoisotopic (exact) mass is 257 g/mol. The first-order chi connectivity index (χ1) is 9.16. The van der Waals surface area contributed by atoms with Crippen molar-refractivity contribution in [2.75, 3.05) is 0 Å². The van der Waals surface area contributed by atoms with Gasteiger partial charge < -0.3 is 4.98 Å². The van der Waals surface area contributed by atoms with Crippen LogP contribution in [0, 0.1) is 10.1 Å². The molecule has 0 unspecified atom stereocenters. The first-order valence-electron chi connectivity index (χ1n) is 5.35. The number of benzene rings is 1. The van der Waals surface area contributed by atoms with E-state index < -0.39 is 4.92 Å². The second kappa shape index (κ2) is 4.02. The lowest BCUT2D eigenvalue weighted by Crippen LogP contribution is -2.04. The molecule has 0 saturated carbocycles. The molecule has 0 spiro atoms. The van der Waals surface area contributed by atoms with Gasteiger partial charge in [-0.05, 0) is 18.2 Å². The van der Waals surface area contributed by atoms with E-state index >= 15 is 0 Å². The first-order valence-corrected chi connectivity index (χ1v) is 5.35. The number of nitro benzene ring substituents is 1. The summed E-state index contributed by atoms with van der Waals surface area (Å²) in [4.78, 5) is 24.1. The minimum Gasteiger partial charge on any atom is -0.327 e. The third-order valence-corrected chi connectivity index (χ3v) is 2.68. The topological polar surface area (TPSA) is 107 Å². The van der Waals surface area contributed by atoms with Crippen molar-refractivity contribution < 1.29 is 4.92 Å². The molecule has 2 aromatic heterocycles. The molecule has 0 saturated heterocycles. The average molecular weight is 257 g/mol. The zero-order valence-corrected chi connectivity index (χ0v) is 9.48. The number of hydrogen-bond acceptors (Lipinski definition) is 5. The lowest BCUT2D eigenvalue weighted by Gasteiger charge is -2.00. The van der Waals surface area contributed by atoms with Crippen molar-refractivity contribution in [3.63, 3.8) is 0 Å². The van der Waals surface area contributed by atoms with Crippen molar-refractivity contribution >= 4 is 16.7 Å². The summed E-state index contributed by atoms with van der Waals surface area (Å²) in [6, 6.07) is 7.51. The van der Waals surface area contributed by atoms with Crippen LogP contribution in [0.5, 0.6) is 0 Å². The Morgan fingerprint density at radius 2 is 1.95 bits per heavy atom. The molecule has 0 fully saturated rings. The molecular formula is C11H7N5O3. The number of aromatic nitrogens is 4. The Morgan fingerprint density at radius 3 is 2.63 bits per heavy atom. The van der Waals surface area contributed by atoms with E-state index in [0.29, 0.717) is 11.2 Å². The summed E-state index contributed by atoms with van der Waals surface area (Å²) in [5, 5.41) is 18.2. The number of hydrogen-bond donors (Lipinski definition) is 1. The smallest absolute Gasteiger partial charge is 0.278 e. The van der Waals surface area contributed by atoms with Gasteiger partial charge in [0.05, 0.1) is 10.6 Å². The zero-order chi connectivity index (χ0) is 13.4. The number of non-ortho nitro benzene ring substituents is 1. The zero-order valence-electron chi connectivity index (χ0n) is 9.48. The summed E-state index contributed by atoms with van der Waals surface area (Å²) in [6.45, 7) is 0. The quantitative estimate of drug-likeness (QED) is 0.544. The molecule has 8 heteroatoms. The number of nitrogens with zero attached hydrogens (tertiary/aromatic N) is 4. The van der Waals surface area contributed by atoms with Crippen molar-refractivity contribution in [2.45, 2.75) is 0 Å². The molecule has 1 aromatic carbocycles. The van der Waals surface area contributed by atoms with E-state index in [1.807, 2.05) is 0 Å². The Bertz CT molecular complexity index is 818. The highest BCUT2D eigenvalue weighted by Gasteiger charge is 2.10. The van der Waals surface area contributed by atoms with Crippen LogP contribution in [0.3, 0.4) is 0 Å². The molecule has 2 heterocycles. The van der Waals surface area contributed by atoms with Crippen molar-refractivity contribution in [3.8, 4) is 5.69 Å². The Kier molecular flexibility index (Phi) is 2.34. The van der Waals surface area contributed by atoms with Gasteiger partial charge in [-0.15, -0.1) is 5.10 Å². The molecule has 0 bridgehead atoms. The van der Waals surface area contributed by atoms with Gasteiger partial charge in [-0.25, -0.2) is 4.68 Å². The predicted molar refractivity (Wildman–Crippen MR) is 66.1 cm³/mol. The summed E-state index contributed by atoms with van der Waals surface area (Å²) >= 11 is 0. The Morgan fingerprint density at radius 1 is 1.21 bits per heavy atom. The Balaban J connectivity index is 2.17. The van der Waals surface area contributed by atoms with Crippen LogP contribution in [-0.2, 0) is 0 Å². The maximum Gasteiger partial charge on any atom is 0.278 e. The normalized spacial score (nSPS) is 10.7. The van der Waals surface area contributed by atoms with Crippen molar-refractivity contribution in [2.24, 2.45) is 0 Å². The highest BCUT2D eigenvalue weighted by atomic mass is 16.6. The minimum absolute atomic E-state index is 0.00832. The Labute approximate surface area is 105 Å². The second-order valence-electron chi connectivity index (χ2n) is 3.82. The van der Waals surface area contributed by atoms with E-state index in [2.05, 4.69) is 15.3 Å². The molecule has 94 valence electrons. The fraction of sp³-hybridized carbons (Fsp3) is 0. The van der Waals surface area contributed by atoms with Crippen LogP contribution in [0.25, 0.3) is 16.7 Å². The highest BCUT2D eigenvalue weighted by molar-refractivity contribution is 5.74. The molecule has 0 aliphatic heterocycles. The SMILES string of the molecule is O=c1[nH]ccc2c1nnn2-c1ccc([N+](=O)[O-])cc1. The molecule has 1 N–H and O–H groups in total. The van der Waals surface area contributed by atoms with E-state index in [1.54, 1.807) is 18.2 Å². The third-order valence-electron chi connectivity index (χ3n) is 2.68. The molecule has 3 rings (SSSR count). The Hall–Kier alpha value is -3.03. The number of fused-ring (bicyclic) bond motifs is 1. The number of pyridine rings is 1. The van der Waals surface area contributed by atoms with Gasteiger partial charge >= 0.3 is 0 Å². The standard InChI is InChI=1S/C11H7N5O3/c17-11-10-9(5-6-12-11)15(14-13-10)7-1-3-8(4-2-7)16(18)19/h1-6H,(H,12,17). The number of aromatic amines is 1. The van der Waals surface area contributed by atoms with E-state index in [-0.39, 0.29) is 16.8 Å². The van der Waals surface area contributed by atoms with Gasteiger partial charge in [-0.3, -0.25) is 14.9 Å². The molecule has 19 heavy (non-hydrogen) atoms. The summed E-state index contributed by atoms with van der Waals surface area (Å²) in [6.07, 6.45) is 1.50. The highest BCUT2D eigenvalue weighted by Crippen LogP contribution is 2.17. The van der Waals surface area contributed by atoms with Crippen LogP contribution in [-0.4, -0.2) is 24.9 Å². The fourth-order valence-corrected chi connectivity index (χ4v) is 1.77. The van der Waals surface area contributed by atoms with E-state index in [0.717, 1.165) is 0 Å². The van der Waals surface area contributed by atoms with Gasteiger partial charge in [0.1, 0.15) is 5.52 Å². The summed E-state index contributed by atoms with van der Waals surface area (Å²) < 4.78 is 1.45. The van der Waals surface area contributed by atoms with Gasteiger partial charge in [0.2, 0.25) is 0 Å². The average Bonchev–Trinajstić information content (AvgIpc) is 2.84. The lowest BCUT2D eigenvalue weighted by molar-refractivity contribution is -0.384. The molecule has 3 aromatic rings. The lowest BCUT2D eigenvalue weighted by atomic mass is 10.3. The van der Waals surface area contributed by atoms with Crippen LogP contribution in [0.15, 0.2) is 41.3 Å². The first kappa shape index (κ1) is 11.1. The number of rotatable bonds is 2. The number of nitrogens with one attached hydrogen (secondary N) is 1. The van der Waals surface area contributed by atoms with Gasteiger partial charge in [-0.1, -0.05) is 5.21 Å².